The van der Waals surface area contributed by atoms with E-state index in [4.69, 9.17) is 0 Å². The molecule has 4 rings (SSSR count). The van der Waals surface area contributed by atoms with Gasteiger partial charge in [-0.05, 0) is 42.0 Å². The highest BCUT2D eigenvalue weighted by Gasteiger charge is 2.17. The Balaban J connectivity index is 1.61. The van der Waals surface area contributed by atoms with Gasteiger partial charge < -0.3 is 10.6 Å². The Morgan fingerprint density at radius 3 is 3.09 bits per heavy atom. The minimum absolute atomic E-state index is 0.0947. The number of hydrogen-bond donors (Lipinski definition) is 2. The lowest BCUT2D eigenvalue weighted by Gasteiger charge is -2.21. The number of thiophene rings is 1. The summed E-state index contributed by atoms with van der Waals surface area (Å²) in [4.78, 5) is 21.1. The van der Waals surface area contributed by atoms with Crippen LogP contribution < -0.4 is 10.6 Å². The number of hydrogen-bond acceptors (Lipinski definition) is 5. The van der Waals surface area contributed by atoms with Crippen LogP contribution in [-0.2, 0) is 11.2 Å². The molecule has 0 aliphatic carbocycles. The molecule has 0 spiro atoms. The van der Waals surface area contributed by atoms with Gasteiger partial charge in [0.15, 0.2) is 0 Å². The summed E-state index contributed by atoms with van der Waals surface area (Å²) in [5, 5.41) is 9.46. The smallest absolute Gasteiger partial charge is 0.224 e. The third-order valence-electron chi connectivity index (χ3n) is 4.14. The number of nitrogens with one attached hydrogen (secondary N) is 2. The van der Waals surface area contributed by atoms with E-state index in [0.29, 0.717) is 6.42 Å². The first kappa shape index (κ1) is 14.1. The normalized spacial score (nSPS) is 15.1. The lowest BCUT2D eigenvalue weighted by Crippen LogP contribution is -2.19. The number of rotatable bonds is 3. The van der Waals surface area contributed by atoms with Gasteiger partial charge in [-0.1, -0.05) is 12.1 Å². The lowest BCUT2D eigenvalue weighted by atomic mass is 9.98. The fourth-order valence-corrected chi connectivity index (χ4v) is 3.60. The number of carbonyl (C=O) groups excluding carboxylic acids is 1. The first-order valence-corrected chi connectivity index (χ1v) is 8.46. The molecule has 5 nitrogen and oxygen atoms in total. The van der Waals surface area contributed by atoms with Crippen LogP contribution in [0.5, 0.6) is 0 Å². The second-order valence-corrected chi connectivity index (χ2v) is 6.59. The zero-order valence-electron chi connectivity index (χ0n) is 12.7. The van der Waals surface area contributed by atoms with Crippen LogP contribution in [0.25, 0.3) is 10.2 Å². The van der Waals surface area contributed by atoms with Gasteiger partial charge in [0.25, 0.3) is 0 Å². The first-order valence-electron chi connectivity index (χ1n) is 7.58. The number of nitrogens with zero attached hydrogens (tertiary/aromatic N) is 2. The van der Waals surface area contributed by atoms with Crippen molar-refractivity contribution in [3.8, 4) is 0 Å². The van der Waals surface area contributed by atoms with E-state index in [-0.39, 0.29) is 11.9 Å². The average molecular weight is 324 g/mol. The largest absolute Gasteiger partial charge is 0.363 e. The van der Waals surface area contributed by atoms with E-state index < -0.39 is 0 Å². The highest BCUT2D eigenvalue weighted by atomic mass is 32.1. The van der Waals surface area contributed by atoms with Crippen LogP contribution in [-0.4, -0.2) is 15.9 Å². The minimum Gasteiger partial charge on any atom is -0.363 e. The number of anilines is 2. The fraction of sp³-hybridized carbons (Fsp3) is 0.235. The number of amides is 1. The summed E-state index contributed by atoms with van der Waals surface area (Å²) in [7, 11) is 0. The molecular weight excluding hydrogens is 308 g/mol. The molecule has 1 aromatic carbocycles. The van der Waals surface area contributed by atoms with Crippen molar-refractivity contribution >= 4 is 39.0 Å². The van der Waals surface area contributed by atoms with Gasteiger partial charge in [0.1, 0.15) is 17.0 Å². The van der Waals surface area contributed by atoms with Gasteiger partial charge in [-0.3, -0.25) is 4.79 Å². The molecule has 1 aliphatic rings. The van der Waals surface area contributed by atoms with Crippen LogP contribution in [0.2, 0.25) is 0 Å². The van der Waals surface area contributed by atoms with E-state index in [2.05, 4.69) is 33.6 Å². The molecule has 0 unspecified atom stereocenters. The summed E-state index contributed by atoms with van der Waals surface area (Å²) < 4.78 is 0. The standard InChI is InChI=1S/C17H16N4OS/c1-10(20-16-13-6-7-23-17(13)19-9-18-16)11-2-4-14-12(8-11)3-5-15(22)21-14/h2,4,6-10H,3,5H2,1H3,(H,21,22)(H,18,19,20)/t10-/m0/s1. The van der Waals surface area contributed by atoms with E-state index in [1.54, 1.807) is 17.7 Å². The molecule has 23 heavy (non-hydrogen) atoms. The van der Waals surface area contributed by atoms with Crippen molar-refractivity contribution in [2.75, 3.05) is 10.6 Å². The predicted molar refractivity (Wildman–Crippen MR) is 92.8 cm³/mol. The predicted octanol–water partition coefficient (Wildman–Crippen LogP) is 3.75. The molecule has 0 saturated heterocycles. The maximum absolute atomic E-state index is 11.4. The minimum atomic E-state index is 0.0947. The number of aryl methyl sites for hydroxylation is 1. The zero-order valence-corrected chi connectivity index (χ0v) is 13.5. The molecule has 2 N–H and O–H groups in total. The van der Waals surface area contributed by atoms with Crippen molar-refractivity contribution in [3.05, 3.63) is 47.1 Å². The Labute approximate surface area is 137 Å². The summed E-state index contributed by atoms with van der Waals surface area (Å²) in [6.07, 6.45) is 2.94. The van der Waals surface area contributed by atoms with Gasteiger partial charge in [0, 0.05) is 18.2 Å². The molecule has 1 aliphatic heterocycles. The van der Waals surface area contributed by atoms with E-state index >= 15 is 0 Å². The van der Waals surface area contributed by atoms with Gasteiger partial charge in [-0.15, -0.1) is 11.3 Å². The Kier molecular flexibility index (Phi) is 3.46. The van der Waals surface area contributed by atoms with Crippen molar-refractivity contribution in [2.45, 2.75) is 25.8 Å². The van der Waals surface area contributed by atoms with Crippen LogP contribution in [0, 0.1) is 0 Å². The summed E-state index contributed by atoms with van der Waals surface area (Å²) >= 11 is 1.61. The van der Waals surface area contributed by atoms with Crippen LogP contribution in [0.15, 0.2) is 36.0 Å². The highest BCUT2D eigenvalue weighted by Crippen LogP contribution is 2.29. The SMILES string of the molecule is C[C@H](Nc1ncnc2sccc12)c1ccc2c(c1)CCC(=O)N2. The number of benzene rings is 1. The lowest BCUT2D eigenvalue weighted by molar-refractivity contribution is -0.116. The van der Waals surface area contributed by atoms with Gasteiger partial charge in [-0.2, -0.15) is 0 Å². The van der Waals surface area contributed by atoms with Crippen molar-refractivity contribution in [1.82, 2.24) is 9.97 Å². The van der Waals surface area contributed by atoms with E-state index in [1.807, 2.05) is 23.6 Å². The third-order valence-corrected chi connectivity index (χ3v) is 4.96. The van der Waals surface area contributed by atoms with Gasteiger partial charge in [-0.25, -0.2) is 9.97 Å². The van der Waals surface area contributed by atoms with Crippen molar-refractivity contribution < 1.29 is 4.79 Å². The summed E-state index contributed by atoms with van der Waals surface area (Å²) in [5.74, 6) is 0.951. The third kappa shape index (κ3) is 2.66. The maximum atomic E-state index is 11.4. The highest BCUT2D eigenvalue weighted by molar-refractivity contribution is 7.16. The zero-order chi connectivity index (χ0) is 15.8. The van der Waals surface area contributed by atoms with E-state index in [0.717, 1.165) is 28.1 Å². The maximum Gasteiger partial charge on any atom is 0.224 e. The molecule has 1 atom stereocenters. The van der Waals surface area contributed by atoms with Crippen LogP contribution in [0.3, 0.4) is 0 Å². The molecule has 2 aromatic heterocycles. The van der Waals surface area contributed by atoms with Crippen molar-refractivity contribution in [3.63, 3.8) is 0 Å². The Morgan fingerprint density at radius 1 is 1.26 bits per heavy atom. The second kappa shape index (κ2) is 5.62. The molecule has 0 radical (unpaired) electrons. The second-order valence-electron chi connectivity index (χ2n) is 5.69. The summed E-state index contributed by atoms with van der Waals surface area (Å²) in [5.41, 5.74) is 3.31. The Morgan fingerprint density at radius 2 is 2.17 bits per heavy atom. The monoisotopic (exact) mass is 324 g/mol. The topological polar surface area (TPSA) is 66.9 Å². The first-order chi connectivity index (χ1) is 11.2. The molecule has 3 aromatic rings. The average Bonchev–Trinajstić information content (AvgIpc) is 3.04. The van der Waals surface area contributed by atoms with Gasteiger partial charge in [0.2, 0.25) is 5.91 Å². The molecule has 0 fully saturated rings. The van der Waals surface area contributed by atoms with E-state index in [9.17, 15) is 4.79 Å². The molecule has 1 amide bonds. The molecule has 3 heterocycles. The fourth-order valence-electron chi connectivity index (χ4n) is 2.87. The molecule has 0 saturated carbocycles. The van der Waals surface area contributed by atoms with E-state index in [1.165, 1.54) is 11.1 Å². The number of fused-ring (bicyclic) bond motifs is 2. The van der Waals surface area contributed by atoms with Crippen LogP contribution >= 0.6 is 11.3 Å². The molecule has 116 valence electrons. The molecule has 6 heteroatoms. The quantitative estimate of drug-likeness (QED) is 0.770. The number of carbonyl (C=O) groups is 1. The summed E-state index contributed by atoms with van der Waals surface area (Å²) in [6, 6.07) is 8.36. The molecule has 0 bridgehead atoms. The van der Waals surface area contributed by atoms with Gasteiger partial charge >= 0.3 is 0 Å². The number of aromatic nitrogens is 2. The van der Waals surface area contributed by atoms with Crippen molar-refractivity contribution in [1.29, 1.82) is 0 Å². The van der Waals surface area contributed by atoms with Crippen molar-refractivity contribution in [2.24, 2.45) is 0 Å². The summed E-state index contributed by atoms with van der Waals surface area (Å²) in [6.45, 7) is 2.11. The Bertz CT molecular complexity index is 889. The van der Waals surface area contributed by atoms with Crippen LogP contribution in [0.1, 0.15) is 30.5 Å². The van der Waals surface area contributed by atoms with Crippen LogP contribution in [0.4, 0.5) is 11.5 Å². The molecular formula is C17H16N4OS. The Hall–Kier alpha value is -2.47. The van der Waals surface area contributed by atoms with Gasteiger partial charge in [0.05, 0.1) is 5.39 Å².